The summed E-state index contributed by atoms with van der Waals surface area (Å²) in [5, 5.41) is 17.7. The van der Waals surface area contributed by atoms with E-state index in [1.54, 1.807) is 6.07 Å². The van der Waals surface area contributed by atoms with Crippen molar-refractivity contribution in [1.29, 1.82) is 0 Å². The molecule has 0 fully saturated rings. The first-order chi connectivity index (χ1) is 6.13. The minimum absolute atomic E-state index is 0.0108. The van der Waals surface area contributed by atoms with Crippen LogP contribution >= 0.6 is 0 Å². The minimum Gasteiger partial charge on any atom is -0.504 e. The third-order valence-electron chi connectivity index (χ3n) is 1.60. The number of rotatable bonds is 3. The van der Waals surface area contributed by atoms with Crippen LogP contribution in [0.15, 0.2) is 18.2 Å². The lowest BCUT2D eigenvalue weighted by molar-refractivity contribution is -0.136. The smallest absolute Gasteiger partial charge is 0.307 e. The summed E-state index contributed by atoms with van der Waals surface area (Å²) < 4.78 is 4.82. The molecule has 0 aromatic heterocycles. The fourth-order valence-electron chi connectivity index (χ4n) is 1.01. The molecule has 2 N–H and O–H groups in total. The number of hydrogen-bond donors (Lipinski definition) is 2. The Labute approximate surface area is 75.4 Å². The highest BCUT2D eigenvalue weighted by Gasteiger charge is 2.05. The molecule has 1 aromatic rings. The van der Waals surface area contributed by atoms with Crippen molar-refractivity contribution in [3.63, 3.8) is 0 Å². The average molecular weight is 188 g/mol. The van der Waals surface area contributed by atoms with E-state index in [1.807, 2.05) is 0 Å². The van der Waals surface area contributed by atoms with Crippen LogP contribution in [0.5, 0.6) is 11.5 Å². The van der Waals surface area contributed by atoms with E-state index in [1.165, 1.54) is 19.2 Å². The molecule has 1 rings (SSSR count). The van der Waals surface area contributed by atoms with Crippen LogP contribution in [0.4, 0.5) is 0 Å². The van der Waals surface area contributed by atoms with Crippen molar-refractivity contribution in [2.45, 2.75) is 6.42 Å². The second-order valence-electron chi connectivity index (χ2n) is 2.58. The molecule has 4 nitrogen and oxygen atoms in total. The topological polar surface area (TPSA) is 66.8 Å². The van der Waals surface area contributed by atoms with Crippen molar-refractivity contribution < 1.29 is 19.7 Å². The monoisotopic (exact) mass is 188 g/mol. The van der Waals surface area contributed by atoms with Crippen LogP contribution in [-0.4, -0.2) is 23.3 Å². The van der Waals surface area contributed by atoms with Crippen LogP contribution in [0.2, 0.25) is 0 Å². The summed E-state index contributed by atoms with van der Waals surface area (Å²) in [6.07, 6.45) is -0.0728. The lowest BCUT2D eigenvalue weighted by Gasteiger charge is -2.04. The van der Waals surface area contributed by atoms with E-state index in [2.05, 4.69) is 0 Å². The Hall–Kier alpha value is -1.71. The van der Waals surface area contributed by atoms with Crippen molar-refractivity contribution in [1.82, 2.24) is 0 Å². The molecule has 0 heterocycles. The maximum atomic E-state index is 10.3. The summed E-state index contributed by atoms with van der Waals surface area (Å²) in [6, 6.07) is 4.46. The highest BCUT2D eigenvalue weighted by Crippen LogP contribution is 2.26. The third kappa shape index (κ3) is 2.37. The number of aromatic hydroxyl groups is 1. The van der Waals surface area contributed by atoms with Gasteiger partial charge < -0.3 is 14.9 Å². The van der Waals surface area contributed by atoms with Crippen LogP contribution in [0.1, 0.15) is 5.56 Å². The van der Waals surface area contributed by atoms with Gasteiger partial charge in [-0.3, -0.25) is 4.79 Å². The summed E-state index contributed by atoms with van der Waals surface area (Å²) in [7, 11) is 1.42. The summed E-state index contributed by atoms with van der Waals surface area (Å²) in [6.45, 7) is 0. The normalized spacial score (nSPS) is 9.62. The van der Waals surface area contributed by atoms with Crippen LogP contribution in [0.3, 0.4) is 0 Å². The fraction of sp³-hybridized carbons (Fsp3) is 0.222. The van der Waals surface area contributed by atoms with Gasteiger partial charge in [-0.25, -0.2) is 0 Å². The molecule has 0 spiro atoms. The lowest BCUT2D eigenvalue weighted by atomic mass is 10.6. The molecule has 0 unspecified atom stereocenters. The second-order valence-corrected chi connectivity index (χ2v) is 2.58. The molecular formula is C9H10O4. The van der Waals surface area contributed by atoms with E-state index in [4.69, 9.17) is 9.84 Å². The predicted molar refractivity (Wildman–Crippen MR) is 46.0 cm³/mol. The summed E-state index contributed by atoms with van der Waals surface area (Å²) in [4.78, 5) is 10.3. The number of phenolic OH excluding ortho intramolecular Hbond substituents is 1. The zero-order valence-corrected chi connectivity index (χ0v) is 7.15. The summed E-state index contributed by atoms with van der Waals surface area (Å²) in [5.41, 5.74) is 0.599. The Balaban J connectivity index is 2.92. The Morgan fingerprint density at radius 1 is 1.54 bits per heavy atom. The van der Waals surface area contributed by atoms with Crippen LogP contribution in [-0.2, 0) is 11.2 Å². The van der Waals surface area contributed by atoms with Crippen molar-refractivity contribution in [3.8, 4) is 11.5 Å². The van der Waals surface area contributed by atoms with Crippen molar-refractivity contribution in [2.24, 2.45) is 0 Å². The SMILES string of the molecule is [13CH3]O[13c]1[13cH][13c]([13CH2][13C](=O)O)ccc1O. The van der Waals surface area contributed by atoms with E-state index >= 15 is 0 Å². The number of phenols is 1. The standard InChI is InChI=1S/C9H10O4/c1-13-8-4-6(5-9(11)12)2-3-7(8)10/h2-4,10H,5H2,1H3,(H,11,12)/i1+1,4+1,5+1,6+1,8+1,9+1. The first-order valence-electron chi connectivity index (χ1n) is 3.71. The number of methoxy groups -OCH3 is 1. The number of hydrogen-bond acceptors (Lipinski definition) is 3. The van der Waals surface area contributed by atoms with Crippen molar-refractivity contribution in [3.05, 3.63) is 23.8 Å². The molecule has 0 aliphatic rings. The number of carboxylic acid groups (broad SMARTS) is 1. The molecule has 0 saturated heterocycles. The van der Waals surface area contributed by atoms with Gasteiger partial charge in [0, 0.05) is 0 Å². The number of ether oxygens (including phenoxy) is 1. The summed E-state index contributed by atoms with van der Waals surface area (Å²) >= 11 is 0. The van der Waals surface area contributed by atoms with Gasteiger partial charge in [-0.05, 0) is 17.7 Å². The highest BCUT2D eigenvalue weighted by molar-refractivity contribution is 5.70. The zero-order chi connectivity index (χ0) is 9.84. The van der Waals surface area contributed by atoms with E-state index in [0.717, 1.165) is 0 Å². The van der Waals surface area contributed by atoms with Gasteiger partial charge >= 0.3 is 5.97 Å². The van der Waals surface area contributed by atoms with Gasteiger partial charge in [-0.1, -0.05) is 6.07 Å². The quantitative estimate of drug-likeness (QED) is 0.695. The van der Waals surface area contributed by atoms with Crippen LogP contribution in [0.25, 0.3) is 0 Å². The maximum Gasteiger partial charge on any atom is 0.307 e. The molecule has 13 heavy (non-hydrogen) atoms. The molecule has 1 aromatic carbocycles. The molecule has 70 valence electrons. The Morgan fingerprint density at radius 2 is 2.23 bits per heavy atom. The first-order valence-corrected chi connectivity index (χ1v) is 3.71. The van der Waals surface area contributed by atoms with Gasteiger partial charge in [0.05, 0.1) is 13.5 Å². The highest BCUT2D eigenvalue weighted by atomic mass is 16.6. The molecule has 0 amide bonds. The number of carbonyl (C=O) groups is 1. The molecule has 0 saturated carbocycles. The molecule has 0 aliphatic heterocycles. The number of benzene rings is 1. The van der Waals surface area contributed by atoms with Crippen molar-refractivity contribution in [2.75, 3.05) is 7.11 Å². The molecule has 0 bridgehead atoms. The average Bonchev–Trinajstić information content (AvgIpc) is 2.07. The van der Waals surface area contributed by atoms with Crippen LogP contribution in [0, 0.1) is 0 Å². The Bertz CT molecular complexity index is 319. The lowest BCUT2D eigenvalue weighted by Crippen LogP contribution is -2.00. The first kappa shape index (κ1) is 9.38. The van der Waals surface area contributed by atoms with Gasteiger partial charge in [0.15, 0.2) is 11.5 Å². The van der Waals surface area contributed by atoms with Gasteiger partial charge in [0.25, 0.3) is 0 Å². The number of aliphatic carboxylic acids is 1. The van der Waals surface area contributed by atoms with Crippen LogP contribution < -0.4 is 4.74 Å². The Kier molecular flexibility index (Phi) is 2.74. The van der Waals surface area contributed by atoms with E-state index in [0.29, 0.717) is 11.3 Å². The van der Waals surface area contributed by atoms with Crippen molar-refractivity contribution >= 4 is 5.97 Å². The molecule has 0 radical (unpaired) electrons. The van der Waals surface area contributed by atoms with E-state index in [-0.39, 0.29) is 12.2 Å². The predicted octanol–water partition coefficient (Wildman–Crippen LogP) is 1.03. The largest absolute Gasteiger partial charge is 0.504 e. The zero-order valence-electron chi connectivity index (χ0n) is 7.15. The van der Waals surface area contributed by atoms with Gasteiger partial charge in [0.1, 0.15) is 0 Å². The van der Waals surface area contributed by atoms with E-state index < -0.39 is 5.97 Å². The third-order valence-corrected chi connectivity index (χ3v) is 1.60. The molecule has 0 aliphatic carbocycles. The van der Waals surface area contributed by atoms with Gasteiger partial charge in [-0.2, -0.15) is 0 Å². The molecule has 4 heteroatoms. The number of carboxylic acids is 1. The van der Waals surface area contributed by atoms with Gasteiger partial charge in [0.2, 0.25) is 0 Å². The molecular weight excluding hydrogens is 178 g/mol. The van der Waals surface area contributed by atoms with E-state index in [9.17, 15) is 9.90 Å². The minimum atomic E-state index is -0.909. The molecule has 0 atom stereocenters. The fourth-order valence-corrected chi connectivity index (χ4v) is 1.01. The Morgan fingerprint density at radius 3 is 2.77 bits per heavy atom. The van der Waals surface area contributed by atoms with Gasteiger partial charge in [-0.15, -0.1) is 0 Å². The maximum absolute atomic E-state index is 10.3. The second kappa shape index (κ2) is 3.80. The summed E-state index contributed by atoms with van der Waals surface area (Å²) in [5.74, 6) is -0.608.